The third kappa shape index (κ3) is 3.25. The average Bonchev–Trinajstić information content (AvgIpc) is 3.24. The summed E-state index contributed by atoms with van der Waals surface area (Å²) in [5.74, 6) is 0.875. The zero-order valence-electron chi connectivity index (χ0n) is 13.0. The first-order chi connectivity index (χ1) is 10.2. The molecule has 0 spiro atoms. The van der Waals surface area contributed by atoms with E-state index in [1.54, 1.807) is 4.90 Å². The van der Waals surface area contributed by atoms with Crippen LogP contribution in [0.4, 0.5) is 0 Å². The van der Waals surface area contributed by atoms with Crippen molar-refractivity contribution in [3.05, 3.63) is 0 Å². The molecule has 4 aliphatic rings. The minimum atomic E-state index is 0. The van der Waals surface area contributed by atoms with Crippen LogP contribution in [-0.2, 0) is 9.59 Å². The van der Waals surface area contributed by atoms with Gasteiger partial charge in [-0.25, -0.2) is 0 Å². The maximum atomic E-state index is 12.5. The molecule has 1 N–H and O–H groups in total. The Morgan fingerprint density at radius 2 is 1.77 bits per heavy atom. The van der Waals surface area contributed by atoms with Gasteiger partial charge in [-0.2, -0.15) is 0 Å². The second-order valence-corrected chi connectivity index (χ2v) is 7.31. The highest BCUT2D eigenvalue weighted by Gasteiger charge is 2.38. The fourth-order valence-electron chi connectivity index (χ4n) is 4.39. The van der Waals surface area contributed by atoms with Crippen molar-refractivity contribution in [3.8, 4) is 0 Å². The molecule has 4 rings (SSSR count). The van der Waals surface area contributed by atoms with E-state index >= 15 is 0 Å². The Kier molecular flexibility index (Phi) is 4.64. The molecule has 124 valence electrons. The van der Waals surface area contributed by atoms with Crippen LogP contribution in [0.1, 0.15) is 44.9 Å². The SMILES string of the molecule is Cl.O=C(CC1CC2CCC(C1)N2)N1CCN(C2CC2)C(=O)C1. The lowest BCUT2D eigenvalue weighted by Crippen LogP contribution is -2.53. The topological polar surface area (TPSA) is 52.7 Å². The number of nitrogens with one attached hydrogen (secondary N) is 1. The minimum absolute atomic E-state index is 0. The largest absolute Gasteiger partial charge is 0.336 e. The summed E-state index contributed by atoms with van der Waals surface area (Å²) in [6.07, 6.45) is 7.76. The van der Waals surface area contributed by atoms with Crippen molar-refractivity contribution in [3.63, 3.8) is 0 Å². The predicted octanol–water partition coefficient (Wildman–Crippen LogP) is 1.16. The number of amides is 2. The Hall–Kier alpha value is -0.810. The second kappa shape index (κ2) is 6.36. The van der Waals surface area contributed by atoms with Crippen molar-refractivity contribution in [2.75, 3.05) is 19.6 Å². The molecule has 3 heterocycles. The molecule has 4 fully saturated rings. The Labute approximate surface area is 138 Å². The van der Waals surface area contributed by atoms with Crippen LogP contribution in [0.3, 0.4) is 0 Å². The molecule has 0 aromatic carbocycles. The molecule has 6 heteroatoms. The van der Waals surface area contributed by atoms with Gasteiger partial charge in [0.15, 0.2) is 0 Å². The smallest absolute Gasteiger partial charge is 0.242 e. The summed E-state index contributed by atoms with van der Waals surface area (Å²) in [5.41, 5.74) is 0. The number of carbonyl (C=O) groups is 2. The van der Waals surface area contributed by atoms with Gasteiger partial charge in [0.25, 0.3) is 0 Å². The molecule has 5 nitrogen and oxygen atoms in total. The molecule has 22 heavy (non-hydrogen) atoms. The van der Waals surface area contributed by atoms with E-state index in [-0.39, 0.29) is 24.2 Å². The fourth-order valence-corrected chi connectivity index (χ4v) is 4.39. The van der Waals surface area contributed by atoms with E-state index in [4.69, 9.17) is 0 Å². The molecule has 1 aliphatic carbocycles. The van der Waals surface area contributed by atoms with Gasteiger partial charge in [-0.05, 0) is 44.4 Å². The zero-order chi connectivity index (χ0) is 14.4. The van der Waals surface area contributed by atoms with Crippen LogP contribution in [0.15, 0.2) is 0 Å². The number of rotatable bonds is 3. The highest BCUT2D eigenvalue weighted by molar-refractivity contribution is 5.86. The zero-order valence-corrected chi connectivity index (χ0v) is 13.8. The third-order valence-electron chi connectivity index (χ3n) is 5.63. The first-order valence-corrected chi connectivity index (χ1v) is 8.52. The van der Waals surface area contributed by atoms with E-state index in [2.05, 4.69) is 5.32 Å². The fraction of sp³-hybridized carbons (Fsp3) is 0.875. The molecule has 1 saturated carbocycles. The number of nitrogens with zero attached hydrogens (tertiary/aromatic N) is 2. The molecule has 0 aromatic rings. The van der Waals surface area contributed by atoms with Crippen molar-refractivity contribution in [1.82, 2.24) is 15.1 Å². The molecule has 3 saturated heterocycles. The van der Waals surface area contributed by atoms with Crippen LogP contribution in [-0.4, -0.2) is 59.4 Å². The van der Waals surface area contributed by atoms with Crippen molar-refractivity contribution >= 4 is 24.2 Å². The molecule has 2 amide bonds. The van der Waals surface area contributed by atoms with Crippen LogP contribution < -0.4 is 5.32 Å². The maximum Gasteiger partial charge on any atom is 0.242 e. The Morgan fingerprint density at radius 1 is 1.09 bits per heavy atom. The van der Waals surface area contributed by atoms with Crippen LogP contribution in [0, 0.1) is 5.92 Å². The van der Waals surface area contributed by atoms with Crippen molar-refractivity contribution in [2.45, 2.75) is 63.1 Å². The van der Waals surface area contributed by atoms with E-state index < -0.39 is 0 Å². The van der Waals surface area contributed by atoms with Crippen molar-refractivity contribution in [1.29, 1.82) is 0 Å². The molecule has 2 atom stereocenters. The number of hydrogen-bond donors (Lipinski definition) is 1. The van der Waals surface area contributed by atoms with Gasteiger partial charge in [0.05, 0.1) is 6.54 Å². The summed E-state index contributed by atoms with van der Waals surface area (Å²) in [6.45, 7) is 1.79. The average molecular weight is 328 g/mol. The summed E-state index contributed by atoms with van der Waals surface area (Å²) < 4.78 is 0. The number of halogens is 1. The van der Waals surface area contributed by atoms with E-state index in [1.165, 1.54) is 12.8 Å². The van der Waals surface area contributed by atoms with Gasteiger partial charge in [-0.15, -0.1) is 12.4 Å². The highest BCUT2D eigenvalue weighted by Crippen LogP contribution is 2.33. The Balaban J connectivity index is 0.00000144. The number of hydrogen-bond acceptors (Lipinski definition) is 3. The molecule has 0 aromatic heterocycles. The summed E-state index contributed by atoms with van der Waals surface area (Å²) in [6, 6.07) is 1.75. The van der Waals surface area contributed by atoms with Gasteiger partial charge in [0, 0.05) is 37.6 Å². The molecule has 0 radical (unpaired) electrons. The van der Waals surface area contributed by atoms with Gasteiger partial charge in [0.2, 0.25) is 11.8 Å². The number of piperazine rings is 1. The molecular weight excluding hydrogens is 302 g/mol. The molecule has 2 unspecified atom stereocenters. The van der Waals surface area contributed by atoms with Gasteiger partial charge in [-0.3, -0.25) is 9.59 Å². The van der Waals surface area contributed by atoms with E-state index in [0.717, 1.165) is 38.8 Å². The van der Waals surface area contributed by atoms with Crippen LogP contribution in [0.2, 0.25) is 0 Å². The maximum absolute atomic E-state index is 12.5. The van der Waals surface area contributed by atoms with Crippen molar-refractivity contribution < 1.29 is 9.59 Å². The lowest BCUT2D eigenvalue weighted by atomic mass is 9.89. The minimum Gasteiger partial charge on any atom is -0.336 e. The van der Waals surface area contributed by atoms with Crippen LogP contribution >= 0.6 is 12.4 Å². The Bertz CT molecular complexity index is 443. The highest BCUT2D eigenvalue weighted by atomic mass is 35.5. The molecule has 2 bridgehead atoms. The van der Waals surface area contributed by atoms with E-state index in [1.807, 2.05) is 4.90 Å². The Morgan fingerprint density at radius 3 is 2.36 bits per heavy atom. The summed E-state index contributed by atoms with van der Waals surface area (Å²) >= 11 is 0. The molecule has 3 aliphatic heterocycles. The standard InChI is InChI=1S/C16H25N3O2.ClH/c20-15(9-11-7-12-1-2-13(8-11)17-12)18-5-6-19(14-3-4-14)16(21)10-18;/h11-14,17H,1-10H2;1H. The first kappa shape index (κ1) is 16.1. The number of carbonyl (C=O) groups excluding carboxylic acids is 2. The normalized spacial score (nSPS) is 34.5. The van der Waals surface area contributed by atoms with Gasteiger partial charge < -0.3 is 15.1 Å². The summed E-state index contributed by atoms with van der Waals surface area (Å²) in [7, 11) is 0. The quantitative estimate of drug-likeness (QED) is 0.846. The van der Waals surface area contributed by atoms with Gasteiger partial charge in [-0.1, -0.05) is 0 Å². The summed E-state index contributed by atoms with van der Waals surface area (Å²) in [4.78, 5) is 28.4. The predicted molar refractivity (Wildman–Crippen MR) is 85.8 cm³/mol. The third-order valence-corrected chi connectivity index (χ3v) is 5.63. The molecular formula is C16H26ClN3O2. The van der Waals surface area contributed by atoms with Crippen molar-refractivity contribution in [2.24, 2.45) is 5.92 Å². The monoisotopic (exact) mass is 327 g/mol. The van der Waals surface area contributed by atoms with E-state index in [9.17, 15) is 9.59 Å². The first-order valence-electron chi connectivity index (χ1n) is 8.52. The number of piperidine rings is 1. The summed E-state index contributed by atoms with van der Waals surface area (Å²) in [5, 5.41) is 3.62. The number of fused-ring (bicyclic) bond motifs is 2. The van der Waals surface area contributed by atoms with E-state index in [0.29, 0.717) is 37.0 Å². The lowest BCUT2D eigenvalue weighted by molar-refractivity contribution is -0.146. The van der Waals surface area contributed by atoms with Crippen LogP contribution in [0.25, 0.3) is 0 Å². The van der Waals surface area contributed by atoms with Crippen LogP contribution in [0.5, 0.6) is 0 Å². The van der Waals surface area contributed by atoms with Gasteiger partial charge in [0.1, 0.15) is 0 Å². The second-order valence-electron chi connectivity index (χ2n) is 7.31. The van der Waals surface area contributed by atoms with Gasteiger partial charge >= 0.3 is 0 Å². The lowest BCUT2D eigenvalue weighted by Gasteiger charge is -2.36.